The number of ether oxygens (including phenoxy) is 1. The molecule has 0 bridgehead atoms. The van der Waals surface area contributed by atoms with Gasteiger partial charge in [0.05, 0.1) is 19.3 Å². The average molecular weight is 274 g/mol. The third-order valence-electron chi connectivity index (χ3n) is 3.17. The lowest BCUT2D eigenvalue weighted by Gasteiger charge is -2.05. The van der Waals surface area contributed by atoms with E-state index in [1.54, 1.807) is 13.3 Å². The summed E-state index contributed by atoms with van der Waals surface area (Å²) in [5.74, 6) is 2.05. The molecule has 0 aliphatic carbocycles. The number of nitrogens with one attached hydrogen (secondary N) is 1. The molecule has 1 aromatic carbocycles. The first-order valence-corrected chi connectivity index (χ1v) is 6.95. The van der Waals surface area contributed by atoms with Crippen molar-refractivity contribution >= 4 is 0 Å². The zero-order valence-corrected chi connectivity index (χ0v) is 12.3. The molecule has 1 aromatic heterocycles. The molecule has 0 aliphatic rings. The van der Waals surface area contributed by atoms with E-state index in [1.165, 1.54) is 5.56 Å². The maximum Gasteiger partial charge on any atom is 0.208 e. The molecule has 0 radical (unpaired) electrons. The Morgan fingerprint density at radius 1 is 1.25 bits per heavy atom. The fraction of sp³-hybridized carbons (Fsp3) is 0.438. The zero-order valence-electron chi connectivity index (χ0n) is 12.3. The van der Waals surface area contributed by atoms with Gasteiger partial charge in [-0.2, -0.15) is 0 Å². The van der Waals surface area contributed by atoms with Gasteiger partial charge in [0.2, 0.25) is 5.89 Å². The number of hydrogen-bond donors (Lipinski definition) is 1. The van der Waals surface area contributed by atoms with Gasteiger partial charge < -0.3 is 14.5 Å². The van der Waals surface area contributed by atoms with Gasteiger partial charge in [0.15, 0.2) is 5.76 Å². The Bertz CT molecular complexity index is 518. The molecule has 108 valence electrons. The van der Waals surface area contributed by atoms with Crippen LogP contribution in [0.5, 0.6) is 0 Å². The minimum absolute atomic E-state index is 0.541. The predicted octanol–water partition coefficient (Wildman–Crippen LogP) is 3.20. The first-order valence-electron chi connectivity index (χ1n) is 6.95. The molecule has 0 saturated carbocycles. The van der Waals surface area contributed by atoms with Gasteiger partial charge in [0, 0.05) is 19.2 Å². The van der Waals surface area contributed by atoms with Gasteiger partial charge >= 0.3 is 0 Å². The summed E-state index contributed by atoms with van der Waals surface area (Å²) in [6.07, 6.45) is 1.78. The highest BCUT2D eigenvalue weighted by Crippen LogP contribution is 2.23. The summed E-state index contributed by atoms with van der Waals surface area (Å²) in [5.41, 5.74) is 2.39. The fourth-order valence-electron chi connectivity index (χ4n) is 1.93. The fourth-order valence-corrected chi connectivity index (χ4v) is 1.93. The van der Waals surface area contributed by atoms with E-state index in [4.69, 9.17) is 9.15 Å². The van der Waals surface area contributed by atoms with Gasteiger partial charge in [-0.15, -0.1) is 0 Å². The van der Waals surface area contributed by atoms with E-state index in [-0.39, 0.29) is 0 Å². The summed E-state index contributed by atoms with van der Waals surface area (Å²) in [6, 6.07) is 8.44. The molecule has 0 saturated heterocycles. The number of hydrogen-bond acceptors (Lipinski definition) is 4. The average Bonchev–Trinajstić information content (AvgIpc) is 2.92. The van der Waals surface area contributed by atoms with Gasteiger partial charge in [-0.3, -0.25) is 0 Å². The summed E-state index contributed by atoms with van der Waals surface area (Å²) in [4.78, 5) is 4.28. The molecular formula is C16H22N2O2. The Morgan fingerprint density at radius 2 is 2.00 bits per heavy atom. The van der Waals surface area contributed by atoms with Crippen molar-refractivity contribution in [2.24, 2.45) is 0 Å². The van der Waals surface area contributed by atoms with Crippen LogP contribution in [0.3, 0.4) is 0 Å². The van der Waals surface area contributed by atoms with Crippen LogP contribution in [0.25, 0.3) is 11.3 Å². The Labute approximate surface area is 120 Å². The van der Waals surface area contributed by atoms with Crippen molar-refractivity contribution in [2.75, 3.05) is 20.3 Å². The normalized spacial score (nSPS) is 11.2. The van der Waals surface area contributed by atoms with E-state index in [1.807, 2.05) is 0 Å². The minimum atomic E-state index is 0.541. The SMILES string of the molecule is COCCNCc1ncc(-c2ccc(C(C)C)cc2)o1. The number of nitrogens with zero attached hydrogens (tertiary/aromatic N) is 1. The van der Waals surface area contributed by atoms with Crippen molar-refractivity contribution in [3.8, 4) is 11.3 Å². The van der Waals surface area contributed by atoms with Crippen molar-refractivity contribution in [1.29, 1.82) is 0 Å². The number of benzene rings is 1. The first kappa shape index (κ1) is 14.8. The smallest absolute Gasteiger partial charge is 0.208 e. The van der Waals surface area contributed by atoms with Gasteiger partial charge in [-0.05, 0) is 11.5 Å². The van der Waals surface area contributed by atoms with Crippen LogP contribution in [-0.4, -0.2) is 25.2 Å². The molecule has 0 aliphatic heterocycles. The summed E-state index contributed by atoms with van der Waals surface area (Å²) in [7, 11) is 1.69. The highest BCUT2D eigenvalue weighted by Gasteiger charge is 2.07. The summed E-state index contributed by atoms with van der Waals surface area (Å²) in [6.45, 7) is 6.47. The van der Waals surface area contributed by atoms with Crippen molar-refractivity contribution in [3.63, 3.8) is 0 Å². The zero-order chi connectivity index (χ0) is 14.4. The van der Waals surface area contributed by atoms with Gasteiger partial charge in [0.1, 0.15) is 0 Å². The Balaban J connectivity index is 1.97. The van der Waals surface area contributed by atoms with Crippen LogP contribution in [0, 0.1) is 0 Å². The number of oxazole rings is 1. The third-order valence-corrected chi connectivity index (χ3v) is 3.17. The summed E-state index contributed by atoms with van der Waals surface area (Å²) < 4.78 is 10.7. The number of methoxy groups -OCH3 is 1. The lowest BCUT2D eigenvalue weighted by molar-refractivity contribution is 0.198. The predicted molar refractivity (Wildman–Crippen MR) is 79.6 cm³/mol. The van der Waals surface area contributed by atoms with E-state index < -0.39 is 0 Å². The molecule has 4 nitrogen and oxygen atoms in total. The van der Waals surface area contributed by atoms with E-state index in [0.29, 0.717) is 25.0 Å². The summed E-state index contributed by atoms with van der Waals surface area (Å²) in [5, 5.41) is 3.21. The lowest BCUT2D eigenvalue weighted by atomic mass is 10.0. The molecule has 2 rings (SSSR count). The van der Waals surface area contributed by atoms with Crippen molar-refractivity contribution in [3.05, 3.63) is 41.9 Å². The molecule has 1 heterocycles. The van der Waals surface area contributed by atoms with Gasteiger partial charge in [-0.1, -0.05) is 38.1 Å². The number of rotatable bonds is 7. The Hall–Kier alpha value is -1.65. The maximum atomic E-state index is 5.74. The van der Waals surface area contributed by atoms with Crippen molar-refractivity contribution in [2.45, 2.75) is 26.3 Å². The molecule has 0 unspecified atom stereocenters. The number of aromatic nitrogens is 1. The molecule has 2 aromatic rings. The van der Waals surface area contributed by atoms with Crippen LogP contribution in [0.4, 0.5) is 0 Å². The van der Waals surface area contributed by atoms with Gasteiger partial charge in [0.25, 0.3) is 0 Å². The third kappa shape index (κ3) is 3.92. The molecule has 0 amide bonds. The molecular weight excluding hydrogens is 252 g/mol. The second-order valence-electron chi connectivity index (χ2n) is 5.06. The quantitative estimate of drug-likeness (QED) is 0.788. The van der Waals surface area contributed by atoms with Crippen LogP contribution in [0.2, 0.25) is 0 Å². The highest BCUT2D eigenvalue weighted by molar-refractivity contribution is 5.56. The minimum Gasteiger partial charge on any atom is -0.439 e. The van der Waals surface area contributed by atoms with Gasteiger partial charge in [-0.25, -0.2) is 4.98 Å². The largest absolute Gasteiger partial charge is 0.439 e. The lowest BCUT2D eigenvalue weighted by Crippen LogP contribution is -2.18. The monoisotopic (exact) mass is 274 g/mol. The molecule has 1 N–H and O–H groups in total. The molecule has 4 heteroatoms. The molecule has 20 heavy (non-hydrogen) atoms. The van der Waals surface area contributed by atoms with E-state index in [0.717, 1.165) is 17.9 Å². The van der Waals surface area contributed by atoms with Crippen molar-refractivity contribution in [1.82, 2.24) is 10.3 Å². The Kier molecular flexibility index (Phi) is 5.32. The van der Waals surface area contributed by atoms with Crippen molar-refractivity contribution < 1.29 is 9.15 Å². The van der Waals surface area contributed by atoms with E-state index in [2.05, 4.69) is 48.4 Å². The second-order valence-corrected chi connectivity index (χ2v) is 5.06. The second kappa shape index (κ2) is 7.22. The standard InChI is InChI=1S/C16H22N2O2/c1-12(2)13-4-6-14(7-5-13)15-10-18-16(20-15)11-17-8-9-19-3/h4-7,10,12,17H,8-9,11H2,1-3H3. The van der Waals surface area contributed by atoms with E-state index in [9.17, 15) is 0 Å². The Morgan fingerprint density at radius 3 is 2.65 bits per heavy atom. The summed E-state index contributed by atoms with van der Waals surface area (Å²) >= 11 is 0. The van der Waals surface area contributed by atoms with Crippen LogP contribution >= 0.6 is 0 Å². The van der Waals surface area contributed by atoms with Crippen LogP contribution in [-0.2, 0) is 11.3 Å². The van der Waals surface area contributed by atoms with Crippen LogP contribution in [0.1, 0.15) is 31.2 Å². The van der Waals surface area contributed by atoms with E-state index >= 15 is 0 Å². The molecule has 0 spiro atoms. The topological polar surface area (TPSA) is 47.3 Å². The highest BCUT2D eigenvalue weighted by atomic mass is 16.5. The first-order chi connectivity index (χ1) is 9.70. The molecule has 0 fully saturated rings. The maximum absolute atomic E-state index is 5.74. The molecule has 0 atom stereocenters. The van der Waals surface area contributed by atoms with Crippen LogP contribution in [0.15, 0.2) is 34.9 Å². The van der Waals surface area contributed by atoms with Crippen LogP contribution < -0.4 is 5.32 Å².